The third-order valence-electron chi connectivity index (χ3n) is 2.31. The number of ether oxygens (including phenoxy) is 1. The van der Waals surface area contributed by atoms with E-state index in [0.29, 0.717) is 22.6 Å². The van der Waals surface area contributed by atoms with E-state index in [2.05, 4.69) is 26.0 Å². The summed E-state index contributed by atoms with van der Waals surface area (Å²) in [5.74, 6) is 0.236. The Morgan fingerprint density at radius 3 is 2.55 bits per heavy atom. The molecule has 0 spiro atoms. The molecule has 0 radical (unpaired) electrons. The fourth-order valence-corrected chi connectivity index (χ4v) is 3.88. The van der Waals surface area contributed by atoms with Crippen molar-refractivity contribution in [1.82, 2.24) is 10.0 Å². The Morgan fingerprint density at radius 2 is 2.00 bits per heavy atom. The molecule has 0 saturated heterocycles. The molecule has 20 heavy (non-hydrogen) atoms. The summed E-state index contributed by atoms with van der Waals surface area (Å²) < 4.78 is 32.5. The molecule has 1 aromatic rings. The van der Waals surface area contributed by atoms with Crippen LogP contribution in [-0.4, -0.2) is 35.2 Å². The second kappa shape index (κ2) is 9.07. The normalized spacial score (nSPS) is 11.0. The lowest BCUT2D eigenvalue weighted by atomic mass is 10.3. The molecule has 0 aromatic heterocycles. The smallest absolute Gasteiger partial charge is 0.244 e. The summed E-state index contributed by atoms with van der Waals surface area (Å²) >= 11 is 9.11. The Labute approximate surface area is 139 Å². The van der Waals surface area contributed by atoms with E-state index in [9.17, 15) is 8.42 Å². The number of rotatable bonds is 7. The number of likely N-dealkylation sites (N-methyl/N-ethyl adjacent to an activating group) is 1. The highest BCUT2D eigenvalue weighted by Crippen LogP contribution is 2.35. The molecule has 0 aliphatic carbocycles. The molecule has 0 aliphatic heterocycles. The lowest BCUT2D eigenvalue weighted by molar-refractivity contribution is 0.399. The molecule has 5 nitrogen and oxygen atoms in total. The van der Waals surface area contributed by atoms with Crippen molar-refractivity contribution in [3.05, 3.63) is 21.6 Å². The van der Waals surface area contributed by atoms with Crippen molar-refractivity contribution >= 4 is 50.0 Å². The van der Waals surface area contributed by atoms with Gasteiger partial charge in [0.25, 0.3) is 0 Å². The second-order valence-electron chi connectivity index (χ2n) is 3.67. The van der Waals surface area contributed by atoms with Crippen LogP contribution in [0.3, 0.4) is 0 Å². The minimum atomic E-state index is -3.66. The SMILES string of the molecule is CCNCCNS(=O)(=O)c1cc(Cl)cc(Br)c1OC.Cl. The van der Waals surface area contributed by atoms with Crippen molar-refractivity contribution < 1.29 is 13.2 Å². The number of halogens is 3. The predicted molar refractivity (Wildman–Crippen MR) is 86.7 cm³/mol. The Hall–Kier alpha value is -0.0500. The molecule has 0 atom stereocenters. The molecular weight excluding hydrogens is 391 g/mol. The average Bonchev–Trinajstić information content (AvgIpc) is 2.34. The highest BCUT2D eigenvalue weighted by molar-refractivity contribution is 9.10. The van der Waals surface area contributed by atoms with E-state index >= 15 is 0 Å². The van der Waals surface area contributed by atoms with Crippen LogP contribution in [0.5, 0.6) is 5.75 Å². The number of benzene rings is 1. The standard InChI is InChI=1S/C11H16BrClN2O3S.ClH/c1-3-14-4-5-15-19(16,17)10-7-8(13)6-9(12)11(10)18-2;/h6-7,14-15H,3-5H2,1-2H3;1H. The maximum absolute atomic E-state index is 12.2. The fourth-order valence-electron chi connectivity index (χ4n) is 1.46. The lowest BCUT2D eigenvalue weighted by Crippen LogP contribution is -2.32. The highest BCUT2D eigenvalue weighted by Gasteiger charge is 2.21. The monoisotopic (exact) mass is 406 g/mol. The van der Waals surface area contributed by atoms with Crippen LogP contribution in [-0.2, 0) is 10.0 Å². The van der Waals surface area contributed by atoms with Crippen LogP contribution in [0.15, 0.2) is 21.5 Å². The van der Waals surface area contributed by atoms with Gasteiger partial charge in [-0.1, -0.05) is 18.5 Å². The molecule has 116 valence electrons. The molecule has 1 rings (SSSR count). The number of nitrogens with one attached hydrogen (secondary N) is 2. The number of hydrogen-bond donors (Lipinski definition) is 2. The predicted octanol–water partition coefficient (Wildman–Crippen LogP) is 2.42. The first kappa shape index (κ1) is 19.9. The van der Waals surface area contributed by atoms with Crippen LogP contribution in [0.25, 0.3) is 0 Å². The maximum atomic E-state index is 12.2. The van der Waals surface area contributed by atoms with E-state index in [4.69, 9.17) is 16.3 Å². The minimum absolute atomic E-state index is 0. The third kappa shape index (κ3) is 5.38. The molecular formula is C11H17BrCl2N2O3S. The van der Waals surface area contributed by atoms with Gasteiger partial charge >= 0.3 is 0 Å². The summed E-state index contributed by atoms with van der Waals surface area (Å²) in [6.45, 7) is 3.59. The molecule has 1 aromatic carbocycles. The Balaban J connectivity index is 0.00000361. The average molecular weight is 408 g/mol. The van der Waals surface area contributed by atoms with Gasteiger partial charge in [-0.3, -0.25) is 0 Å². The van der Waals surface area contributed by atoms with Crippen molar-refractivity contribution in [2.45, 2.75) is 11.8 Å². The van der Waals surface area contributed by atoms with Crippen molar-refractivity contribution in [2.75, 3.05) is 26.7 Å². The summed E-state index contributed by atoms with van der Waals surface area (Å²) in [5.41, 5.74) is 0. The van der Waals surface area contributed by atoms with Crippen LogP contribution < -0.4 is 14.8 Å². The largest absolute Gasteiger partial charge is 0.494 e. The van der Waals surface area contributed by atoms with Crippen molar-refractivity contribution in [1.29, 1.82) is 0 Å². The van der Waals surface area contributed by atoms with E-state index in [0.717, 1.165) is 6.54 Å². The van der Waals surface area contributed by atoms with E-state index < -0.39 is 10.0 Å². The molecule has 0 unspecified atom stereocenters. The van der Waals surface area contributed by atoms with Gasteiger partial charge in [0, 0.05) is 18.1 Å². The van der Waals surface area contributed by atoms with E-state index in [1.54, 1.807) is 6.07 Å². The van der Waals surface area contributed by atoms with Gasteiger partial charge in [-0.25, -0.2) is 13.1 Å². The summed E-state index contributed by atoms with van der Waals surface area (Å²) in [7, 11) is -2.25. The number of methoxy groups -OCH3 is 1. The quantitative estimate of drug-likeness (QED) is 0.681. The summed E-state index contributed by atoms with van der Waals surface area (Å²) in [6.07, 6.45) is 0. The van der Waals surface area contributed by atoms with Gasteiger partial charge in [0.2, 0.25) is 10.0 Å². The fraction of sp³-hybridized carbons (Fsp3) is 0.455. The van der Waals surface area contributed by atoms with E-state index in [-0.39, 0.29) is 23.1 Å². The van der Waals surface area contributed by atoms with Gasteiger partial charge in [0.1, 0.15) is 4.90 Å². The maximum Gasteiger partial charge on any atom is 0.244 e. The third-order valence-corrected chi connectivity index (χ3v) is 4.59. The van der Waals surface area contributed by atoms with E-state index in [1.807, 2.05) is 6.92 Å². The van der Waals surface area contributed by atoms with Crippen LogP contribution in [0, 0.1) is 0 Å². The minimum Gasteiger partial charge on any atom is -0.494 e. The van der Waals surface area contributed by atoms with E-state index in [1.165, 1.54) is 13.2 Å². The van der Waals surface area contributed by atoms with Crippen molar-refractivity contribution in [3.8, 4) is 5.75 Å². The molecule has 0 aliphatic rings. The molecule has 0 heterocycles. The van der Waals surface area contributed by atoms with Gasteiger partial charge in [0.05, 0.1) is 11.6 Å². The first-order chi connectivity index (χ1) is 8.92. The van der Waals surface area contributed by atoms with Gasteiger partial charge < -0.3 is 10.1 Å². The first-order valence-electron chi connectivity index (χ1n) is 5.65. The zero-order valence-corrected chi connectivity index (χ0v) is 15.0. The zero-order valence-electron chi connectivity index (χ0n) is 11.1. The van der Waals surface area contributed by atoms with Crippen LogP contribution >= 0.6 is 39.9 Å². The summed E-state index contributed by atoms with van der Waals surface area (Å²) in [5, 5.41) is 3.35. The number of sulfonamides is 1. The first-order valence-corrected chi connectivity index (χ1v) is 8.31. The molecule has 0 fully saturated rings. The van der Waals surface area contributed by atoms with Crippen LogP contribution in [0.2, 0.25) is 5.02 Å². The molecule has 9 heteroatoms. The summed E-state index contributed by atoms with van der Waals surface area (Å²) in [6, 6.07) is 2.94. The Kier molecular flexibility index (Phi) is 9.04. The van der Waals surface area contributed by atoms with Crippen LogP contribution in [0.1, 0.15) is 6.92 Å². The van der Waals surface area contributed by atoms with Gasteiger partial charge in [0.15, 0.2) is 5.75 Å². The lowest BCUT2D eigenvalue weighted by Gasteiger charge is -2.12. The second-order valence-corrected chi connectivity index (χ2v) is 6.70. The highest BCUT2D eigenvalue weighted by atomic mass is 79.9. The van der Waals surface area contributed by atoms with Crippen LogP contribution in [0.4, 0.5) is 0 Å². The molecule has 0 bridgehead atoms. The zero-order chi connectivity index (χ0) is 14.5. The van der Waals surface area contributed by atoms with Crippen molar-refractivity contribution in [2.24, 2.45) is 0 Å². The van der Waals surface area contributed by atoms with Gasteiger partial charge in [-0.2, -0.15) is 0 Å². The Morgan fingerprint density at radius 1 is 1.35 bits per heavy atom. The topological polar surface area (TPSA) is 67.4 Å². The van der Waals surface area contributed by atoms with Crippen molar-refractivity contribution in [3.63, 3.8) is 0 Å². The molecule has 2 N–H and O–H groups in total. The summed E-state index contributed by atoms with van der Waals surface area (Å²) in [4.78, 5) is 0.0193. The Bertz CT molecular complexity index is 541. The number of hydrogen-bond acceptors (Lipinski definition) is 4. The molecule has 0 saturated carbocycles. The molecule has 0 amide bonds. The van der Waals surface area contributed by atoms with Gasteiger partial charge in [-0.05, 0) is 34.6 Å². The van der Waals surface area contributed by atoms with Gasteiger partial charge in [-0.15, -0.1) is 12.4 Å².